The minimum atomic E-state index is -4.72. The molecule has 10 heteroatoms. The first-order valence-corrected chi connectivity index (χ1v) is 6.69. The zero-order valence-electron chi connectivity index (χ0n) is 10.9. The molecule has 0 aromatic carbocycles. The van der Waals surface area contributed by atoms with Crippen molar-refractivity contribution in [1.82, 2.24) is 19.7 Å². The highest BCUT2D eigenvalue weighted by Gasteiger charge is 2.43. The number of halogens is 4. The van der Waals surface area contributed by atoms with E-state index in [-0.39, 0.29) is 21.9 Å². The highest BCUT2D eigenvalue weighted by atomic mass is 35.5. The Bertz CT molecular complexity index is 712. The van der Waals surface area contributed by atoms with Crippen LogP contribution in [0.3, 0.4) is 0 Å². The molecule has 2 aromatic heterocycles. The summed E-state index contributed by atoms with van der Waals surface area (Å²) in [6, 6.07) is 1.46. The Morgan fingerprint density at radius 1 is 1.36 bits per heavy atom. The molecule has 0 unspecified atom stereocenters. The molecule has 2 aromatic rings. The molecular formula is C12H9ClF3N5O. The molecule has 3 rings (SSSR count). The van der Waals surface area contributed by atoms with Gasteiger partial charge < -0.3 is 5.32 Å². The number of nitrogens with zero attached hydrogens (tertiary/aromatic N) is 4. The lowest BCUT2D eigenvalue weighted by Gasteiger charge is -2.13. The molecule has 6 nitrogen and oxygen atoms in total. The third-order valence-electron chi connectivity index (χ3n) is 3.15. The number of carbonyl (C=O) groups is 1. The van der Waals surface area contributed by atoms with Crippen LogP contribution >= 0.6 is 11.6 Å². The molecule has 0 radical (unpaired) electrons. The van der Waals surface area contributed by atoms with Crippen LogP contribution in [-0.4, -0.2) is 25.7 Å². The minimum Gasteiger partial charge on any atom is -0.319 e. The fourth-order valence-corrected chi connectivity index (χ4v) is 2.37. The highest BCUT2D eigenvalue weighted by Crippen LogP contribution is 2.45. The van der Waals surface area contributed by atoms with E-state index in [0.717, 1.165) is 0 Å². The predicted molar refractivity (Wildman–Crippen MR) is 70.5 cm³/mol. The number of alkyl halides is 3. The Balaban J connectivity index is 1.99. The molecule has 22 heavy (non-hydrogen) atoms. The normalized spacial score (nSPS) is 14.9. The Morgan fingerprint density at radius 3 is 2.64 bits per heavy atom. The van der Waals surface area contributed by atoms with Crippen molar-refractivity contribution in [1.29, 1.82) is 0 Å². The maximum atomic E-state index is 13.1. The monoisotopic (exact) mass is 331 g/mol. The molecule has 0 atom stereocenters. The number of amides is 1. The van der Waals surface area contributed by atoms with Gasteiger partial charge in [-0.15, -0.1) is 13.2 Å². The van der Waals surface area contributed by atoms with E-state index in [1.165, 1.54) is 18.5 Å². The maximum Gasteiger partial charge on any atom is 0.491 e. The number of hydrogen-bond acceptors (Lipinski definition) is 4. The summed E-state index contributed by atoms with van der Waals surface area (Å²) in [5.41, 5.74) is -0.210. The van der Waals surface area contributed by atoms with Gasteiger partial charge in [0, 0.05) is 5.92 Å². The third-order valence-corrected chi connectivity index (χ3v) is 3.40. The van der Waals surface area contributed by atoms with Gasteiger partial charge >= 0.3 is 6.30 Å². The zero-order valence-corrected chi connectivity index (χ0v) is 11.7. The van der Waals surface area contributed by atoms with Gasteiger partial charge in [-0.2, -0.15) is 10.2 Å². The fourth-order valence-electron chi connectivity index (χ4n) is 2.10. The van der Waals surface area contributed by atoms with E-state index in [0.29, 0.717) is 18.5 Å². The van der Waals surface area contributed by atoms with Gasteiger partial charge in [0.15, 0.2) is 5.69 Å². The predicted octanol–water partition coefficient (Wildman–Crippen LogP) is 2.93. The number of aromatic nitrogens is 4. The number of carbonyl (C=O) groups excluding carboxylic acids is 1. The van der Waals surface area contributed by atoms with Crippen LogP contribution in [0.25, 0.3) is 0 Å². The SMILES string of the molecule is O=C(Nc1ccnnc1)c1nc(Cl)n(C(F)(F)F)c1C1CC1. The molecule has 1 amide bonds. The second kappa shape index (κ2) is 5.24. The Kier molecular flexibility index (Phi) is 3.51. The van der Waals surface area contributed by atoms with Crippen LogP contribution in [0.15, 0.2) is 18.5 Å². The number of imidazole rings is 1. The second-order valence-corrected chi connectivity index (χ2v) is 5.12. The summed E-state index contributed by atoms with van der Waals surface area (Å²) in [5, 5.41) is 8.77. The van der Waals surface area contributed by atoms with Crippen LogP contribution in [0.2, 0.25) is 5.28 Å². The van der Waals surface area contributed by atoms with Crippen molar-refractivity contribution < 1.29 is 18.0 Å². The summed E-state index contributed by atoms with van der Waals surface area (Å²) in [6.45, 7) is 0. The third kappa shape index (κ3) is 2.76. The van der Waals surface area contributed by atoms with E-state index in [1.807, 2.05) is 0 Å². The first-order chi connectivity index (χ1) is 10.4. The molecule has 0 saturated heterocycles. The second-order valence-electron chi connectivity index (χ2n) is 4.78. The smallest absolute Gasteiger partial charge is 0.319 e. The van der Waals surface area contributed by atoms with Crippen molar-refractivity contribution in [2.24, 2.45) is 0 Å². The van der Waals surface area contributed by atoms with Gasteiger partial charge in [-0.05, 0) is 30.5 Å². The molecule has 0 aliphatic heterocycles. The van der Waals surface area contributed by atoms with E-state index in [1.54, 1.807) is 0 Å². The quantitative estimate of drug-likeness (QED) is 0.938. The van der Waals surface area contributed by atoms with E-state index < -0.39 is 17.5 Å². The van der Waals surface area contributed by atoms with E-state index in [2.05, 4.69) is 20.5 Å². The van der Waals surface area contributed by atoms with Crippen LogP contribution in [0.4, 0.5) is 18.9 Å². The largest absolute Gasteiger partial charge is 0.491 e. The molecule has 1 aliphatic rings. The lowest BCUT2D eigenvalue weighted by Crippen LogP contribution is -2.21. The van der Waals surface area contributed by atoms with Crippen LogP contribution < -0.4 is 5.32 Å². The van der Waals surface area contributed by atoms with Crippen LogP contribution in [0.1, 0.15) is 34.9 Å². The molecule has 1 fully saturated rings. The number of anilines is 1. The van der Waals surface area contributed by atoms with E-state index in [4.69, 9.17) is 11.6 Å². The fraction of sp³-hybridized carbons (Fsp3) is 0.333. The number of hydrogen-bond donors (Lipinski definition) is 1. The Labute approximate surface area is 127 Å². The van der Waals surface area contributed by atoms with Gasteiger partial charge in [0.05, 0.1) is 23.8 Å². The summed E-state index contributed by atoms with van der Waals surface area (Å²) in [4.78, 5) is 15.8. The molecule has 1 N–H and O–H groups in total. The van der Waals surface area contributed by atoms with Gasteiger partial charge in [-0.3, -0.25) is 4.79 Å². The molecule has 2 heterocycles. The standard InChI is InChI=1S/C12H9ClF3N5O/c13-11-20-8(10(22)19-7-3-4-17-18-5-7)9(6-1-2-6)21(11)12(14,15)16/h3-6H,1-2H2,(H,17,19,22). The average molecular weight is 332 g/mol. The van der Waals surface area contributed by atoms with Crippen LogP contribution in [0, 0.1) is 0 Å². The molecule has 116 valence electrons. The zero-order chi connectivity index (χ0) is 15.9. The average Bonchev–Trinajstić information content (AvgIpc) is 3.21. The van der Waals surface area contributed by atoms with Crippen molar-refractivity contribution in [3.8, 4) is 0 Å². The number of rotatable bonds is 3. The lowest BCUT2D eigenvalue weighted by molar-refractivity contribution is -0.205. The lowest BCUT2D eigenvalue weighted by atomic mass is 10.2. The van der Waals surface area contributed by atoms with Crippen molar-refractivity contribution in [2.75, 3.05) is 5.32 Å². The van der Waals surface area contributed by atoms with Gasteiger partial charge in [0.25, 0.3) is 5.91 Å². The molecule has 0 spiro atoms. The van der Waals surface area contributed by atoms with Crippen molar-refractivity contribution in [3.63, 3.8) is 0 Å². The van der Waals surface area contributed by atoms with Crippen molar-refractivity contribution >= 4 is 23.2 Å². The molecular weight excluding hydrogens is 323 g/mol. The van der Waals surface area contributed by atoms with Gasteiger partial charge in [-0.1, -0.05) is 0 Å². The van der Waals surface area contributed by atoms with Crippen molar-refractivity contribution in [2.45, 2.75) is 25.1 Å². The van der Waals surface area contributed by atoms with E-state index >= 15 is 0 Å². The summed E-state index contributed by atoms with van der Waals surface area (Å²) in [6.07, 6.45) is -0.973. The Hall–Kier alpha value is -2.16. The van der Waals surface area contributed by atoms with Gasteiger partial charge in [0.1, 0.15) is 0 Å². The Morgan fingerprint density at radius 2 is 2.09 bits per heavy atom. The van der Waals surface area contributed by atoms with Crippen LogP contribution in [0.5, 0.6) is 0 Å². The van der Waals surface area contributed by atoms with Crippen molar-refractivity contribution in [3.05, 3.63) is 35.1 Å². The molecule has 0 bridgehead atoms. The van der Waals surface area contributed by atoms with Gasteiger partial charge in [-0.25, -0.2) is 9.55 Å². The summed E-state index contributed by atoms with van der Waals surface area (Å²) >= 11 is 5.58. The summed E-state index contributed by atoms with van der Waals surface area (Å²) < 4.78 is 39.2. The maximum absolute atomic E-state index is 13.1. The first kappa shape index (κ1) is 14.8. The van der Waals surface area contributed by atoms with Crippen LogP contribution in [-0.2, 0) is 6.30 Å². The van der Waals surface area contributed by atoms with E-state index in [9.17, 15) is 18.0 Å². The minimum absolute atomic E-state index is 0.0358. The molecule has 1 aliphatic carbocycles. The molecule has 1 saturated carbocycles. The summed E-state index contributed by atoms with van der Waals surface area (Å²) in [5.74, 6) is -1.13. The number of nitrogens with one attached hydrogen (secondary N) is 1. The van der Waals surface area contributed by atoms with Gasteiger partial charge in [0.2, 0.25) is 5.28 Å². The summed E-state index contributed by atoms with van der Waals surface area (Å²) in [7, 11) is 0. The topological polar surface area (TPSA) is 72.7 Å². The highest BCUT2D eigenvalue weighted by molar-refractivity contribution is 6.29. The first-order valence-electron chi connectivity index (χ1n) is 6.31.